The van der Waals surface area contributed by atoms with Gasteiger partial charge in [-0.25, -0.2) is 0 Å². The van der Waals surface area contributed by atoms with E-state index in [-0.39, 0.29) is 6.04 Å². The summed E-state index contributed by atoms with van der Waals surface area (Å²) in [6.07, 6.45) is 0.963. The van der Waals surface area contributed by atoms with Gasteiger partial charge in [-0.2, -0.15) is 11.8 Å². The summed E-state index contributed by atoms with van der Waals surface area (Å²) in [5, 5.41) is 1.32. The summed E-state index contributed by atoms with van der Waals surface area (Å²) in [7, 11) is 1.69. The molecule has 0 fully saturated rings. The number of benzene rings is 1. The molecule has 0 bridgehead atoms. The fraction of sp³-hybridized carbons (Fsp3) is 0.500. The van der Waals surface area contributed by atoms with E-state index in [1.165, 1.54) is 0 Å². The van der Waals surface area contributed by atoms with E-state index in [9.17, 15) is 0 Å². The van der Waals surface area contributed by atoms with Crippen molar-refractivity contribution in [1.29, 1.82) is 0 Å². The van der Waals surface area contributed by atoms with Crippen molar-refractivity contribution < 1.29 is 4.74 Å². The molecule has 0 aromatic heterocycles. The van der Waals surface area contributed by atoms with E-state index in [0.717, 1.165) is 34.1 Å². The van der Waals surface area contributed by atoms with Gasteiger partial charge in [-0.3, -0.25) is 0 Å². The molecule has 2 atom stereocenters. The topological polar surface area (TPSA) is 35.2 Å². The van der Waals surface area contributed by atoms with Crippen molar-refractivity contribution in [3.63, 3.8) is 0 Å². The Morgan fingerprint density at radius 2 is 2.25 bits per heavy atom. The largest absolute Gasteiger partial charge is 0.496 e. The minimum atomic E-state index is 0.0163. The maximum atomic E-state index is 6.24. The first-order valence-corrected chi connectivity index (χ1v) is 6.78. The van der Waals surface area contributed by atoms with Crippen molar-refractivity contribution in [3.8, 4) is 5.75 Å². The van der Waals surface area contributed by atoms with Crippen LogP contribution in [0.5, 0.6) is 5.75 Å². The first-order chi connectivity index (χ1) is 7.63. The molecule has 1 aromatic rings. The van der Waals surface area contributed by atoms with Gasteiger partial charge in [0.05, 0.1) is 7.11 Å². The Morgan fingerprint density at radius 3 is 2.94 bits per heavy atom. The third-order valence-electron chi connectivity index (χ3n) is 2.95. The third-order valence-corrected chi connectivity index (χ3v) is 4.50. The summed E-state index contributed by atoms with van der Waals surface area (Å²) in [4.78, 5) is 0. The second-order valence-corrected chi connectivity index (χ2v) is 5.94. The van der Waals surface area contributed by atoms with Crippen LogP contribution in [0.15, 0.2) is 12.1 Å². The van der Waals surface area contributed by atoms with Crippen LogP contribution in [0.4, 0.5) is 0 Å². The maximum absolute atomic E-state index is 6.24. The SMILES string of the molecule is COc1ccc(Cl)c2c1CSC(C)C[C@H]2N. The quantitative estimate of drug-likeness (QED) is 0.838. The van der Waals surface area contributed by atoms with Crippen molar-refractivity contribution >= 4 is 23.4 Å². The predicted molar refractivity (Wildman–Crippen MR) is 70.3 cm³/mol. The first kappa shape index (κ1) is 12.1. The normalized spacial score (nSPS) is 24.8. The molecule has 1 aliphatic heterocycles. The zero-order valence-corrected chi connectivity index (χ0v) is 11.1. The molecule has 0 saturated heterocycles. The van der Waals surface area contributed by atoms with Crippen LogP contribution in [0.2, 0.25) is 5.02 Å². The van der Waals surface area contributed by atoms with E-state index < -0.39 is 0 Å². The molecule has 88 valence electrons. The highest BCUT2D eigenvalue weighted by Crippen LogP contribution is 2.41. The van der Waals surface area contributed by atoms with Gasteiger partial charge in [0, 0.05) is 27.6 Å². The summed E-state index contributed by atoms with van der Waals surface area (Å²) in [6.45, 7) is 2.21. The van der Waals surface area contributed by atoms with Gasteiger partial charge in [0.15, 0.2) is 0 Å². The van der Waals surface area contributed by atoms with Crippen LogP contribution >= 0.6 is 23.4 Å². The lowest BCUT2D eigenvalue weighted by Gasteiger charge is -2.17. The molecule has 4 heteroatoms. The highest BCUT2D eigenvalue weighted by Gasteiger charge is 2.24. The third kappa shape index (κ3) is 2.17. The highest BCUT2D eigenvalue weighted by molar-refractivity contribution is 7.99. The number of fused-ring (bicyclic) bond motifs is 1. The second-order valence-electron chi connectivity index (χ2n) is 4.11. The zero-order chi connectivity index (χ0) is 11.7. The van der Waals surface area contributed by atoms with Gasteiger partial charge in [-0.05, 0) is 24.1 Å². The number of thioether (sulfide) groups is 1. The Balaban J connectivity index is 2.52. The molecule has 1 unspecified atom stereocenters. The van der Waals surface area contributed by atoms with E-state index in [4.69, 9.17) is 22.1 Å². The van der Waals surface area contributed by atoms with Crippen LogP contribution in [0.25, 0.3) is 0 Å². The average Bonchev–Trinajstić information content (AvgIpc) is 2.39. The van der Waals surface area contributed by atoms with Crippen LogP contribution in [-0.4, -0.2) is 12.4 Å². The number of ether oxygens (including phenoxy) is 1. The highest BCUT2D eigenvalue weighted by atomic mass is 35.5. The summed E-state index contributed by atoms with van der Waals surface area (Å²) in [6, 6.07) is 3.81. The second kappa shape index (κ2) is 4.86. The number of methoxy groups -OCH3 is 1. The van der Waals surface area contributed by atoms with Gasteiger partial charge in [-0.15, -0.1) is 0 Å². The standard InChI is InChI=1S/C12H16ClNOS/c1-7-5-10(14)12-8(6-16-7)11(15-2)4-3-9(12)13/h3-4,7,10H,5-6,14H2,1-2H3/t7?,10-/m1/s1. The summed E-state index contributed by atoms with van der Waals surface area (Å²) >= 11 is 8.15. The maximum Gasteiger partial charge on any atom is 0.123 e. The lowest BCUT2D eigenvalue weighted by Crippen LogP contribution is -2.15. The predicted octanol–water partition coefficient (Wildman–Crippen LogP) is 3.37. The van der Waals surface area contributed by atoms with Gasteiger partial charge >= 0.3 is 0 Å². The van der Waals surface area contributed by atoms with Crippen LogP contribution in [0.3, 0.4) is 0 Å². The Labute approximate surface area is 105 Å². The zero-order valence-electron chi connectivity index (χ0n) is 9.50. The number of hydrogen-bond acceptors (Lipinski definition) is 3. The molecular weight excluding hydrogens is 242 g/mol. The van der Waals surface area contributed by atoms with E-state index in [0.29, 0.717) is 5.25 Å². The minimum Gasteiger partial charge on any atom is -0.496 e. The molecule has 0 spiro atoms. The Hall–Kier alpha value is -0.380. The number of halogens is 1. The van der Waals surface area contributed by atoms with Gasteiger partial charge in [0.1, 0.15) is 5.75 Å². The molecule has 0 saturated carbocycles. The monoisotopic (exact) mass is 257 g/mol. The fourth-order valence-corrected chi connectivity index (χ4v) is 3.54. The minimum absolute atomic E-state index is 0.0163. The Bertz CT molecular complexity index is 397. The molecular formula is C12H16ClNOS. The number of hydrogen-bond donors (Lipinski definition) is 1. The van der Waals surface area contributed by atoms with Crippen molar-refractivity contribution in [2.24, 2.45) is 5.73 Å². The molecule has 0 aliphatic carbocycles. The number of rotatable bonds is 1. The summed E-state index contributed by atoms with van der Waals surface area (Å²) in [5.74, 6) is 1.82. The van der Waals surface area contributed by atoms with Gasteiger partial charge in [0.2, 0.25) is 0 Å². The molecule has 16 heavy (non-hydrogen) atoms. The van der Waals surface area contributed by atoms with Crippen molar-refractivity contribution in [3.05, 3.63) is 28.3 Å². The van der Waals surface area contributed by atoms with Crippen LogP contribution in [-0.2, 0) is 5.75 Å². The molecule has 2 nitrogen and oxygen atoms in total. The van der Waals surface area contributed by atoms with Crippen molar-refractivity contribution in [2.75, 3.05) is 7.11 Å². The molecule has 0 radical (unpaired) electrons. The molecule has 1 heterocycles. The van der Waals surface area contributed by atoms with Crippen LogP contribution in [0, 0.1) is 0 Å². The molecule has 1 aromatic carbocycles. The summed E-state index contributed by atoms with van der Waals surface area (Å²) in [5.41, 5.74) is 8.44. The number of nitrogens with two attached hydrogens (primary N) is 1. The fourth-order valence-electron chi connectivity index (χ4n) is 2.13. The molecule has 1 aliphatic rings. The summed E-state index contributed by atoms with van der Waals surface area (Å²) < 4.78 is 5.38. The van der Waals surface area contributed by atoms with Crippen LogP contribution in [0.1, 0.15) is 30.5 Å². The van der Waals surface area contributed by atoms with E-state index >= 15 is 0 Å². The lowest BCUT2D eigenvalue weighted by molar-refractivity contribution is 0.410. The van der Waals surface area contributed by atoms with Crippen molar-refractivity contribution in [2.45, 2.75) is 30.4 Å². The van der Waals surface area contributed by atoms with Gasteiger partial charge < -0.3 is 10.5 Å². The molecule has 2 rings (SSSR count). The van der Waals surface area contributed by atoms with E-state index in [1.807, 2.05) is 23.9 Å². The van der Waals surface area contributed by atoms with Crippen LogP contribution < -0.4 is 10.5 Å². The smallest absolute Gasteiger partial charge is 0.123 e. The first-order valence-electron chi connectivity index (χ1n) is 5.36. The Kier molecular flexibility index (Phi) is 3.67. The molecule has 0 amide bonds. The van der Waals surface area contributed by atoms with E-state index in [1.54, 1.807) is 7.11 Å². The average molecular weight is 258 g/mol. The van der Waals surface area contributed by atoms with Gasteiger partial charge in [0.25, 0.3) is 0 Å². The lowest BCUT2D eigenvalue weighted by atomic mass is 9.98. The Morgan fingerprint density at radius 1 is 1.50 bits per heavy atom. The van der Waals surface area contributed by atoms with E-state index in [2.05, 4.69) is 6.92 Å². The van der Waals surface area contributed by atoms with Gasteiger partial charge in [-0.1, -0.05) is 18.5 Å². The molecule has 2 N–H and O–H groups in total. The van der Waals surface area contributed by atoms with Crippen molar-refractivity contribution in [1.82, 2.24) is 0 Å².